The van der Waals surface area contributed by atoms with Crippen LogP contribution in [0, 0.1) is 11.8 Å². The van der Waals surface area contributed by atoms with Gasteiger partial charge in [0.2, 0.25) is 5.91 Å². The number of hydrogen-bond acceptors (Lipinski definition) is 4. The topological polar surface area (TPSA) is 58.6 Å². The highest BCUT2D eigenvalue weighted by Gasteiger charge is 2.41. The Morgan fingerprint density at radius 1 is 1.12 bits per heavy atom. The third-order valence-corrected chi connectivity index (χ3v) is 5.60. The molecule has 130 valence electrons. The predicted octanol–water partition coefficient (Wildman–Crippen LogP) is 2.74. The summed E-state index contributed by atoms with van der Waals surface area (Å²) < 4.78 is 5.13. The van der Waals surface area contributed by atoms with Crippen LogP contribution >= 0.6 is 0 Å². The lowest BCUT2D eigenvalue weighted by molar-refractivity contribution is -0.121. The Kier molecular flexibility index (Phi) is 4.90. The Hall–Kier alpha value is -1.88. The molecule has 3 rings (SSSR count). The summed E-state index contributed by atoms with van der Waals surface area (Å²) in [7, 11) is 1.59. The van der Waals surface area contributed by atoms with Crippen molar-refractivity contribution in [3.63, 3.8) is 0 Å². The van der Waals surface area contributed by atoms with Crippen molar-refractivity contribution in [1.82, 2.24) is 5.32 Å². The fourth-order valence-electron chi connectivity index (χ4n) is 3.84. The summed E-state index contributed by atoms with van der Waals surface area (Å²) in [5.41, 5.74) is 0.611. The first kappa shape index (κ1) is 17.0. The Morgan fingerprint density at radius 2 is 1.83 bits per heavy atom. The van der Waals surface area contributed by atoms with E-state index in [9.17, 15) is 9.59 Å². The molecule has 0 aromatic heterocycles. The van der Waals surface area contributed by atoms with Crippen molar-refractivity contribution in [2.45, 2.75) is 51.6 Å². The predicted molar refractivity (Wildman–Crippen MR) is 93.0 cm³/mol. The molecule has 1 saturated heterocycles. The Morgan fingerprint density at radius 3 is 2.50 bits per heavy atom. The minimum Gasteiger partial charge on any atom is -0.497 e. The fourth-order valence-corrected chi connectivity index (χ4v) is 3.84. The molecule has 24 heavy (non-hydrogen) atoms. The van der Waals surface area contributed by atoms with Gasteiger partial charge in [-0.25, -0.2) is 4.90 Å². The summed E-state index contributed by atoms with van der Waals surface area (Å²) in [6.07, 6.45) is 3.74. The molecule has 0 spiro atoms. The minimum atomic E-state index is -0.405. The van der Waals surface area contributed by atoms with Crippen LogP contribution in [0.25, 0.3) is 0 Å². The van der Waals surface area contributed by atoms with Crippen LogP contribution in [0.1, 0.15) is 39.5 Å². The molecule has 1 N–H and O–H groups in total. The zero-order chi connectivity index (χ0) is 17.3. The maximum atomic E-state index is 12.7. The van der Waals surface area contributed by atoms with E-state index < -0.39 is 6.04 Å². The summed E-state index contributed by atoms with van der Waals surface area (Å²) in [6, 6.07) is 6.94. The molecule has 1 heterocycles. The lowest BCUT2D eigenvalue weighted by Gasteiger charge is -2.36. The first-order valence-corrected chi connectivity index (χ1v) is 8.78. The smallest absolute Gasteiger partial charge is 0.251 e. The van der Waals surface area contributed by atoms with Crippen molar-refractivity contribution in [3.8, 4) is 5.75 Å². The highest BCUT2D eigenvalue weighted by atomic mass is 16.5. The van der Waals surface area contributed by atoms with E-state index in [1.165, 1.54) is 17.7 Å². The largest absolute Gasteiger partial charge is 0.497 e. The molecule has 2 fully saturated rings. The molecule has 1 aromatic carbocycles. The van der Waals surface area contributed by atoms with Crippen LogP contribution in [0.3, 0.4) is 0 Å². The quantitative estimate of drug-likeness (QED) is 0.863. The van der Waals surface area contributed by atoms with Gasteiger partial charge >= 0.3 is 0 Å². The molecule has 5 nitrogen and oxygen atoms in total. The molecule has 1 aromatic rings. The van der Waals surface area contributed by atoms with Crippen LogP contribution in [0.15, 0.2) is 24.3 Å². The second-order valence-corrected chi connectivity index (χ2v) is 7.06. The molecule has 1 aliphatic heterocycles. The van der Waals surface area contributed by atoms with Gasteiger partial charge in [-0.3, -0.25) is 9.59 Å². The molecule has 1 aliphatic carbocycles. The molecule has 1 saturated carbocycles. The van der Waals surface area contributed by atoms with E-state index in [0.29, 0.717) is 29.3 Å². The number of nitrogens with one attached hydrogen (secondary N) is 1. The molecular weight excluding hydrogens is 304 g/mol. The number of nitrogens with zero attached hydrogens (tertiary/aromatic N) is 1. The zero-order valence-corrected chi connectivity index (χ0v) is 14.6. The number of benzene rings is 1. The van der Waals surface area contributed by atoms with Gasteiger partial charge in [0.05, 0.1) is 25.3 Å². The summed E-state index contributed by atoms with van der Waals surface area (Å²) in [6.45, 7) is 4.51. The minimum absolute atomic E-state index is 0.140. The van der Waals surface area contributed by atoms with Crippen LogP contribution in [0.5, 0.6) is 5.75 Å². The average molecular weight is 330 g/mol. The zero-order valence-electron chi connectivity index (χ0n) is 14.6. The lowest BCUT2D eigenvalue weighted by atomic mass is 9.78. The second-order valence-electron chi connectivity index (χ2n) is 7.06. The molecule has 0 radical (unpaired) electrons. The van der Waals surface area contributed by atoms with Gasteiger partial charge in [0.1, 0.15) is 5.75 Å². The van der Waals surface area contributed by atoms with Crippen molar-refractivity contribution < 1.29 is 14.3 Å². The monoisotopic (exact) mass is 330 g/mol. The number of methoxy groups -OCH3 is 1. The molecule has 5 heteroatoms. The maximum absolute atomic E-state index is 12.7. The van der Waals surface area contributed by atoms with Crippen molar-refractivity contribution in [3.05, 3.63) is 24.3 Å². The first-order valence-electron chi connectivity index (χ1n) is 8.78. The van der Waals surface area contributed by atoms with Gasteiger partial charge in [-0.2, -0.15) is 0 Å². The number of imide groups is 1. The highest BCUT2D eigenvalue weighted by Crippen LogP contribution is 2.31. The van der Waals surface area contributed by atoms with Crippen LogP contribution in [-0.2, 0) is 9.59 Å². The molecule has 2 aliphatic rings. The number of carbonyl (C=O) groups is 2. The van der Waals surface area contributed by atoms with Gasteiger partial charge in [0, 0.05) is 6.04 Å². The van der Waals surface area contributed by atoms with Crippen molar-refractivity contribution in [1.29, 1.82) is 0 Å². The average Bonchev–Trinajstić information content (AvgIpc) is 2.86. The Labute approximate surface area is 143 Å². The standard InChI is InChI=1S/C19H26N2O3/c1-12-5-4-6-16(13(12)2)20-17-11-18(22)21(19(17)23)14-7-9-15(24-3)10-8-14/h7-10,12-13,16-17,20H,4-6,11H2,1-3H3/t12-,13+,16-,17+/m0/s1. The van der Waals surface area contributed by atoms with E-state index in [2.05, 4.69) is 19.2 Å². The second kappa shape index (κ2) is 6.93. The summed E-state index contributed by atoms with van der Waals surface area (Å²) in [5, 5.41) is 3.46. The van der Waals surface area contributed by atoms with Gasteiger partial charge < -0.3 is 10.1 Å². The number of amides is 2. The number of ether oxygens (including phenoxy) is 1. The number of carbonyl (C=O) groups excluding carboxylic acids is 2. The maximum Gasteiger partial charge on any atom is 0.251 e. The van der Waals surface area contributed by atoms with Crippen LogP contribution in [0.4, 0.5) is 5.69 Å². The highest BCUT2D eigenvalue weighted by molar-refractivity contribution is 6.22. The molecule has 4 atom stereocenters. The third-order valence-electron chi connectivity index (χ3n) is 5.60. The van der Waals surface area contributed by atoms with Crippen molar-refractivity contribution in [2.75, 3.05) is 12.0 Å². The van der Waals surface area contributed by atoms with Crippen LogP contribution in [-0.4, -0.2) is 31.0 Å². The van der Waals surface area contributed by atoms with E-state index in [1.54, 1.807) is 31.4 Å². The van der Waals surface area contributed by atoms with E-state index in [4.69, 9.17) is 4.74 Å². The summed E-state index contributed by atoms with van der Waals surface area (Å²) in [4.78, 5) is 26.4. The normalized spacial score (nSPS) is 30.7. The number of rotatable bonds is 4. The molecule has 0 unspecified atom stereocenters. The van der Waals surface area contributed by atoms with Gasteiger partial charge in [0.25, 0.3) is 5.91 Å². The SMILES string of the molecule is COc1ccc(N2C(=O)C[C@@H](N[C@H]3CCC[C@H](C)[C@H]3C)C2=O)cc1. The Bertz CT molecular complexity index is 614. The van der Waals surface area contributed by atoms with Gasteiger partial charge in [-0.1, -0.05) is 26.7 Å². The molecule has 2 amide bonds. The lowest BCUT2D eigenvalue weighted by Crippen LogP contribution is -2.48. The van der Waals surface area contributed by atoms with Gasteiger partial charge in [-0.15, -0.1) is 0 Å². The fraction of sp³-hybridized carbons (Fsp3) is 0.579. The van der Waals surface area contributed by atoms with E-state index in [-0.39, 0.29) is 18.2 Å². The molecular formula is C19H26N2O3. The van der Waals surface area contributed by atoms with E-state index >= 15 is 0 Å². The van der Waals surface area contributed by atoms with Crippen molar-refractivity contribution >= 4 is 17.5 Å². The van der Waals surface area contributed by atoms with Gasteiger partial charge in [-0.05, 0) is 42.5 Å². The Balaban J connectivity index is 1.71. The summed E-state index contributed by atoms with van der Waals surface area (Å²) in [5.74, 6) is 1.60. The van der Waals surface area contributed by atoms with Gasteiger partial charge in [0.15, 0.2) is 0 Å². The number of anilines is 1. The van der Waals surface area contributed by atoms with Crippen LogP contribution in [0.2, 0.25) is 0 Å². The first-order chi connectivity index (χ1) is 11.5. The van der Waals surface area contributed by atoms with E-state index in [1.807, 2.05) is 0 Å². The van der Waals surface area contributed by atoms with E-state index in [0.717, 1.165) is 6.42 Å². The van der Waals surface area contributed by atoms with Crippen molar-refractivity contribution in [2.24, 2.45) is 11.8 Å². The summed E-state index contributed by atoms with van der Waals surface area (Å²) >= 11 is 0. The van der Waals surface area contributed by atoms with Crippen LogP contribution < -0.4 is 15.0 Å². The number of hydrogen-bond donors (Lipinski definition) is 1. The molecule has 0 bridgehead atoms. The third kappa shape index (κ3) is 3.18.